The predicted octanol–water partition coefficient (Wildman–Crippen LogP) is 3.63. The molecule has 0 spiro atoms. The first-order valence-corrected chi connectivity index (χ1v) is 7.75. The van der Waals surface area contributed by atoms with E-state index in [0.29, 0.717) is 16.3 Å². The van der Waals surface area contributed by atoms with Crippen LogP contribution in [-0.2, 0) is 9.59 Å². The van der Waals surface area contributed by atoms with Crippen LogP contribution in [0.25, 0.3) is 0 Å². The molecule has 1 aliphatic rings. The average molecular weight is 382 g/mol. The normalized spacial score (nSPS) is 14.0. The molecule has 0 unspecified atom stereocenters. The van der Waals surface area contributed by atoms with Crippen molar-refractivity contribution in [2.75, 3.05) is 17.2 Å². The fraction of sp³-hybridized carbons (Fsp3) is 0.118. The van der Waals surface area contributed by atoms with Crippen LogP contribution in [0.4, 0.5) is 24.5 Å². The molecule has 1 heterocycles. The van der Waals surface area contributed by atoms with E-state index < -0.39 is 12.1 Å². The molecule has 9 heteroatoms. The lowest BCUT2D eigenvalue weighted by molar-refractivity contribution is -0.167. The van der Waals surface area contributed by atoms with Crippen LogP contribution in [0.3, 0.4) is 0 Å². The maximum Gasteiger partial charge on any atom is 0.471 e. The minimum absolute atomic E-state index is 0.0751. The summed E-state index contributed by atoms with van der Waals surface area (Å²) in [6, 6.07) is 10.6. The summed E-state index contributed by atoms with van der Waals surface area (Å²) < 4.78 is 37.8. The fourth-order valence-corrected chi connectivity index (χ4v) is 2.64. The Bertz CT molecular complexity index is 926. The summed E-state index contributed by atoms with van der Waals surface area (Å²) >= 11 is 6.02. The third kappa shape index (κ3) is 3.70. The van der Waals surface area contributed by atoms with Crippen LogP contribution in [0.1, 0.15) is 11.1 Å². The van der Waals surface area contributed by atoms with Gasteiger partial charge >= 0.3 is 12.1 Å². The van der Waals surface area contributed by atoms with Gasteiger partial charge in [0.15, 0.2) is 0 Å². The van der Waals surface area contributed by atoms with Gasteiger partial charge in [-0.1, -0.05) is 29.8 Å². The molecule has 2 aromatic rings. The van der Waals surface area contributed by atoms with Gasteiger partial charge in [0.2, 0.25) is 5.91 Å². The first-order chi connectivity index (χ1) is 12.3. The van der Waals surface area contributed by atoms with E-state index in [9.17, 15) is 22.8 Å². The Kier molecular flexibility index (Phi) is 4.69. The molecule has 26 heavy (non-hydrogen) atoms. The summed E-state index contributed by atoms with van der Waals surface area (Å²) in [6.07, 6.45) is -5.03. The highest BCUT2D eigenvalue weighted by molar-refractivity contribution is 6.32. The zero-order valence-corrected chi connectivity index (χ0v) is 13.8. The number of halogens is 4. The van der Waals surface area contributed by atoms with Gasteiger partial charge in [0.05, 0.1) is 17.1 Å². The second-order valence-electron chi connectivity index (χ2n) is 5.40. The van der Waals surface area contributed by atoms with Gasteiger partial charge in [-0.05, 0) is 24.3 Å². The third-order valence-corrected chi connectivity index (χ3v) is 3.81. The maximum absolute atomic E-state index is 12.6. The first-order valence-electron chi connectivity index (χ1n) is 7.37. The van der Waals surface area contributed by atoms with Crippen molar-refractivity contribution in [1.82, 2.24) is 0 Å². The number of aliphatic imine (C=N–C) groups is 1. The lowest BCUT2D eigenvalue weighted by atomic mass is 9.99. The van der Waals surface area contributed by atoms with Crippen molar-refractivity contribution in [3.63, 3.8) is 0 Å². The quantitative estimate of drug-likeness (QED) is 0.834. The number of hydrogen-bond donors (Lipinski definition) is 2. The van der Waals surface area contributed by atoms with Crippen LogP contribution in [0.2, 0.25) is 5.02 Å². The van der Waals surface area contributed by atoms with E-state index in [1.165, 1.54) is 18.2 Å². The number of carbonyl (C=O) groups is 2. The summed E-state index contributed by atoms with van der Waals surface area (Å²) in [5, 5.41) is 4.86. The summed E-state index contributed by atoms with van der Waals surface area (Å²) in [5.41, 5.74) is 1.28. The van der Waals surface area contributed by atoms with Crippen LogP contribution in [0.15, 0.2) is 47.5 Å². The zero-order valence-electron chi connectivity index (χ0n) is 13.0. The molecule has 0 aliphatic carbocycles. The van der Waals surface area contributed by atoms with Gasteiger partial charge < -0.3 is 10.6 Å². The molecular weight excluding hydrogens is 371 g/mol. The number of alkyl halides is 3. The minimum atomic E-state index is -5.03. The second kappa shape index (κ2) is 6.80. The number of rotatable bonds is 2. The zero-order chi connectivity index (χ0) is 18.9. The number of nitrogens with zero attached hydrogens (tertiary/aromatic N) is 1. The Hall–Kier alpha value is -2.87. The SMILES string of the molecule is O=C1CN=C(c2ccccc2NC(=O)C(F)(F)F)c2cc(Cl)ccc2N1. The van der Waals surface area contributed by atoms with Crippen LogP contribution >= 0.6 is 11.6 Å². The average Bonchev–Trinajstić information content (AvgIpc) is 2.73. The summed E-state index contributed by atoms with van der Waals surface area (Å²) in [5.74, 6) is -2.47. The highest BCUT2D eigenvalue weighted by Crippen LogP contribution is 2.29. The molecule has 0 atom stereocenters. The standard InChI is InChI=1S/C17H11ClF3N3O2/c18-9-5-6-13-11(7-9)15(22-8-14(25)23-13)10-3-1-2-4-12(10)24-16(26)17(19,20)21/h1-7H,8H2,(H,23,25)(H,24,26). The van der Waals surface area contributed by atoms with E-state index in [0.717, 1.165) is 0 Å². The Morgan fingerprint density at radius 1 is 1.15 bits per heavy atom. The largest absolute Gasteiger partial charge is 0.471 e. The summed E-state index contributed by atoms with van der Waals surface area (Å²) in [6.45, 7) is -0.219. The molecule has 1 aliphatic heterocycles. The monoisotopic (exact) mass is 381 g/mol. The Labute approximate surface area is 150 Å². The van der Waals surface area contributed by atoms with Gasteiger partial charge in [0.25, 0.3) is 0 Å². The van der Waals surface area contributed by atoms with Crippen molar-refractivity contribution in [2.45, 2.75) is 6.18 Å². The number of benzene rings is 2. The van der Waals surface area contributed by atoms with Crippen LogP contribution < -0.4 is 10.6 Å². The van der Waals surface area contributed by atoms with Crippen molar-refractivity contribution in [3.05, 3.63) is 58.6 Å². The minimum Gasteiger partial charge on any atom is -0.324 e. The van der Waals surface area contributed by atoms with Crippen molar-refractivity contribution < 1.29 is 22.8 Å². The van der Waals surface area contributed by atoms with Gasteiger partial charge in [0.1, 0.15) is 6.54 Å². The van der Waals surface area contributed by atoms with E-state index in [2.05, 4.69) is 10.3 Å². The van der Waals surface area contributed by atoms with Crippen LogP contribution in [0.5, 0.6) is 0 Å². The number of hydrogen-bond acceptors (Lipinski definition) is 3. The van der Waals surface area contributed by atoms with Crippen molar-refractivity contribution in [3.8, 4) is 0 Å². The second-order valence-corrected chi connectivity index (χ2v) is 5.84. The lowest BCUT2D eigenvalue weighted by Crippen LogP contribution is -2.30. The highest BCUT2D eigenvalue weighted by atomic mass is 35.5. The molecule has 0 bridgehead atoms. The first kappa shape index (κ1) is 17.9. The Morgan fingerprint density at radius 2 is 1.88 bits per heavy atom. The van der Waals surface area contributed by atoms with E-state index in [1.54, 1.807) is 24.3 Å². The molecule has 134 valence electrons. The van der Waals surface area contributed by atoms with Gasteiger partial charge in [-0.3, -0.25) is 14.6 Å². The maximum atomic E-state index is 12.6. The molecule has 0 fully saturated rings. The smallest absolute Gasteiger partial charge is 0.324 e. The Balaban J connectivity index is 2.11. The number of nitrogens with one attached hydrogen (secondary N) is 2. The van der Waals surface area contributed by atoms with E-state index in [4.69, 9.17) is 11.6 Å². The molecule has 5 nitrogen and oxygen atoms in total. The topological polar surface area (TPSA) is 70.6 Å². The fourth-order valence-electron chi connectivity index (χ4n) is 2.47. The number of benzodiazepines with no additional fused rings is 1. The molecule has 0 saturated carbocycles. The Morgan fingerprint density at radius 3 is 2.62 bits per heavy atom. The third-order valence-electron chi connectivity index (χ3n) is 3.58. The van der Waals surface area contributed by atoms with Crippen LogP contribution in [-0.4, -0.2) is 30.2 Å². The molecule has 2 amide bonds. The lowest BCUT2D eigenvalue weighted by Gasteiger charge is -2.15. The van der Waals surface area contributed by atoms with E-state index in [1.807, 2.05) is 5.32 Å². The van der Waals surface area contributed by atoms with Crippen molar-refractivity contribution in [2.24, 2.45) is 4.99 Å². The molecule has 0 aromatic heterocycles. The highest BCUT2D eigenvalue weighted by Gasteiger charge is 2.39. The number of fused-ring (bicyclic) bond motifs is 1. The van der Waals surface area contributed by atoms with E-state index >= 15 is 0 Å². The molecule has 0 saturated heterocycles. The number of carbonyl (C=O) groups excluding carboxylic acids is 2. The molecule has 3 rings (SSSR count). The van der Waals surface area contributed by atoms with Crippen molar-refractivity contribution in [1.29, 1.82) is 0 Å². The molecular formula is C17H11ClF3N3O2. The molecule has 2 N–H and O–H groups in total. The van der Waals surface area contributed by atoms with Crippen molar-refractivity contribution >= 4 is 40.5 Å². The number of para-hydroxylation sites is 1. The van der Waals surface area contributed by atoms with Gasteiger partial charge in [-0.15, -0.1) is 0 Å². The summed E-state index contributed by atoms with van der Waals surface area (Å²) in [4.78, 5) is 27.4. The number of amides is 2. The number of anilines is 2. The predicted molar refractivity (Wildman–Crippen MR) is 91.7 cm³/mol. The molecule has 2 aromatic carbocycles. The molecule has 0 radical (unpaired) electrons. The summed E-state index contributed by atoms with van der Waals surface area (Å²) in [7, 11) is 0. The van der Waals surface area contributed by atoms with E-state index in [-0.39, 0.29) is 29.4 Å². The van der Waals surface area contributed by atoms with Crippen LogP contribution in [0, 0.1) is 0 Å². The van der Waals surface area contributed by atoms with Gasteiger partial charge in [-0.2, -0.15) is 13.2 Å². The van der Waals surface area contributed by atoms with Gasteiger partial charge in [-0.25, -0.2) is 0 Å². The van der Waals surface area contributed by atoms with Gasteiger partial charge in [0, 0.05) is 16.1 Å².